The Labute approximate surface area is 86.3 Å². The van der Waals surface area contributed by atoms with Crippen LogP contribution in [-0.4, -0.2) is 6.04 Å². The molecule has 1 nitrogen and oxygen atoms in total. The van der Waals surface area contributed by atoms with Crippen molar-refractivity contribution in [3.8, 4) is 0 Å². The first-order valence-corrected chi connectivity index (χ1v) is 5.57. The Kier molecular flexibility index (Phi) is 2.60. The Balaban J connectivity index is 2.33. The molecule has 14 heavy (non-hydrogen) atoms. The number of hydrogen-bond acceptors (Lipinski definition) is 1. The third-order valence-electron chi connectivity index (χ3n) is 3.41. The topological polar surface area (TPSA) is 26.0 Å². The van der Waals surface area contributed by atoms with Crippen LogP contribution in [0.4, 0.5) is 0 Å². The molecule has 1 aromatic rings. The fourth-order valence-electron chi connectivity index (χ4n) is 2.48. The second kappa shape index (κ2) is 3.74. The molecule has 2 unspecified atom stereocenters. The van der Waals surface area contributed by atoms with Gasteiger partial charge in [-0.05, 0) is 43.2 Å². The average Bonchev–Trinajstić information content (AvgIpc) is 2.59. The lowest BCUT2D eigenvalue weighted by Crippen LogP contribution is -2.26. The van der Waals surface area contributed by atoms with Gasteiger partial charge in [0.2, 0.25) is 0 Å². The van der Waals surface area contributed by atoms with E-state index in [2.05, 4.69) is 32.0 Å². The fraction of sp³-hybridized carbons (Fsp3) is 0.538. The van der Waals surface area contributed by atoms with Crippen molar-refractivity contribution in [1.82, 2.24) is 0 Å². The van der Waals surface area contributed by atoms with Gasteiger partial charge < -0.3 is 5.73 Å². The highest BCUT2D eigenvalue weighted by molar-refractivity contribution is 5.38. The van der Waals surface area contributed by atoms with E-state index in [9.17, 15) is 0 Å². The maximum absolute atomic E-state index is 6.14. The van der Waals surface area contributed by atoms with Gasteiger partial charge in [-0.15, -0.1) is 0 Å². The highest BCUT2D eigenvalue weighted by Gasteiger charge is 2.26. The van der Waals surface area contributed by atoms with Crippen molar-refractivity contribution < 1.29 is 0 Å². The summed E-state index contributed by atoms with van der Waals surface area (Å²) in [6.07, 6.45) is 3.54. The predicted molar refractivity (Wildman–Crippen MR) is 60.5 cm³/mol. The van der Waals surface area contributed by atoms with Crippen LogP contribution in [0, 0.1) is 6.92 Å². The zero-order chi connectivity index (χ0) is 10.1. The van der Waals surface area contributed by atoms with E-state index in [0.717, 1.165) is 6.42 Å². The average molecular weight is 189 g/mol. The number of benzene rings is 1. The predicted octanol–water partition coefficient (Wildman–Crippen LogP) is 2.76. The van der Waals surface area contributed by atoms with Crippen LogP contribution in [0.3, 0.4) is 0 Å². The van der Waals surface area contributed by atoms with Crippen LogP contribution in [-0.2, 0) is 6.42 Å². The standard InChI is InChI=1S/C13H19N/c1-3-13(14)11-7-6-10-5-4-9(2)8-12(10)11/h4-5,8,11,13H,3,6-7,14H2,1-2H3. The minimum Gasteiger partial charge on any atom is -0.327 e. The minimum atomic E-state index is 0.345. The van der Waals surface area contributed by atoms with E-state index in [1.165, 1.54) is 29.5 Å². The van der Waals surface area contributed by atoms with Crippen molar-refractivity contribution >= 4 is 0 Å². The highest BCUT2D eigenvalue weighted by Crippen LogP contribution is 2.36. The molecule has 0 spiro atoms. The van der Waals surface area contributed by atoms with E-state index >= 15 is 0 Å². The van der Waals surface area contributed by atoms with E-state index in [1.807, 2.05) is 0 Å². The normalized spacial score (nSPS) is 22.1. The first-order valence-electron chi connectivity index (χ1n) is 5.57. The largest absolute Gasteiger partial charge is 0.327 e. The molecule has 0 fully saturated rings. The van der Waals surface area contributed by atoms with Crippen LogP contribution in [0.1, 0.15) is 42.4 Å². The van der Waals surface area contributed by atoms with E-state index in [4.69, 9.17) is 5.73 Å². The summed E-state index contributed by atoms with van der Waals surface area (Å²) in [5.74, 6) is 0.606. The van der Waals surface area contributed by atoms with Crippen molar-refractivity contribution in [1.29, 1.82) is 0 Å². The van der Waals surface area contributed by atoms with Gasteiger partial charge in [-0.3, -0.25) is 0 Å². The molecule has 0 bridgehead atoms. The van der Waals surface area contributed by atoms with Gasteiger partial charge in [-0.25, -0.2) is 0 Å². The molecule has 2 atom stereocenters. The molecule has 0 aromatic heterocycles. The van der Waals surface area contributed by atoms with Gasteiger partial charge in [-0.2, -0.15) is 0 Å². The first kappa shape index (κ1) is 9.72. The quantitative estimate of drug-likeness (QED) is 0.760. The molecule has 0 saturated heterocycles. The second-order valence-electron chi connectivity index (χ2n) is 4.42. The van der Waals surface area contributed by atoms with Crippen LogP contribution in [0.5, 0.6) is 0 Å². The number of nitrogens with two attached hydrogens (primary N) is 1. The van der Waals surface area contributed by atoms with Gasteiger partial charge in [0, 0.05) is 6.04 Å². The van der Waals surface area contributed by atoms with Crippen molar-refractivity contribution in [3.05, 3.63) is 34.9 Å². The minimum absolute atomic E-state index is 0.345. The van der Waals surface area contributed by atoms with Crippen LogP contribution in [0.2, 0.25) is 0 Å². The van der Waals surface area contributed by atoms with Crippen molar-refractivity contribution in [2.75, 3.05) is 0 Å². The summed E-state index contributed by atoms with van der Waals surface area (Å²) in [5.41, 5.74) is 10.5. The second-order valence-corrected chi connectivity index (χ2v) is 4.42. The van der Waals surface area contributed by atoms with Gasteiger partial charge in [0.1, 0.15) is 0 Å². The molecule has 1 heteroatoms. The smallest absolute Gasteiger partial charge is 0.0105 e. The lowest BCUT2D eigenvalue weighted by molar-refractivity contribution is 0.515. The Morgan fingerprint density at radius 3 is 3.00 bits per heavy atom. The molecular weight excluding hydrogens is 170 g/mol. The number of hydrogen-bond donors (Lipinski definition) is 1. The van der Waals surface area contributed by atoms with Gasteiger partial charge in [0.25, 0.3) is 0 Å². The van der Waals surface area contributed by atoms with Crippen LogP contribution >= 0.6 is 0 Å². The summed E-state index contributed by atoms with van der Waals surface area (Å²) in [7, 11) is 0. The Hall–Kier alpha value is -0.820. The Morgan fingerprint density at radius 2 is 2.29 bits per heavy atom. The summed E-state index contributed by atoms with van der Waals surface area (Å²) in [5, 5.41) is 0. The Bertz CT molecular complexity index is 330. The van der Waals surface area contributed by atoms with E-state index in [1.54, 1.807) is 0 Å². The van der Waals surface area contributed by atoms with Gasteiger partial charge in [-0.1, -0.05) is 30.7 Å². The van der Waals surface area contributed by atoms with Crippen molar-refractivity contribution in [3.63, 3.8) is 0 Å². The molecule has 2 rings (SSSR count). The summed E-state index contributed by atoms with van der Waals surface area (Å²) >= 11 is 0. The molecule has 0 heterocycles. The van der Waals surface area contributed by atoms with Crippen molar-refractivity contribution in [2.45, 2.75) is 45.1 Å². The molecule has 0 amide bonds. The summed E-state index contributed by atoms with van der Waals surface area (Å²) in [4.78, 5) is 0. The van der Waals surface area contributed by atoms with Crippen molar-refractivity contribution in [2.24, 2.45) is 5.73 Å². The molecule has 76 valence electrons. The lowest BCUT2D eigenvalue weighted by Gasteiger charge is -2.18. The molecule has 2 N–H and O–H groups in total. The van der Waals surface area contributed by atoms with Gasteiger partial charge in [0.05, 0.1) is 0 Å². The maximum atomic E-state index is 6.14. The molecule has 0 saturated carbocycles. The van der Waals surface area contributed by atoms with Gasteiger partial charge in [0.15, 0.2) is 0 Å². The van der Waals surface area contributed by atoms with Crippen LogP contribution in [0.15, 0.2) is 18.2 Å². The van der Waals surface area contributed by atoms with E-state index < -0.39 is 0 Å². The van der Waals surface area contributed by atoms with E-state index in [-0.39, 0.29) is 0 Å². The third kappa shape index (κ3) is 1.57. The van der Waals surface area contributed by atoms with Crippen LogP contribution < -0.4 is 5.73 Å². The van der Waals surface area contributed by atoms with Gasteiger partial charge >= 0.3 is 0 Å². The molecule has 1 aliphatic carbocycles. The number of fused-ring (bicyclic) bond motifs is 1. The maximum Gasteiger partial charge on any atom is 0.0105 e. The number of rotatable bonds is 2. The monoisotopic (exact) mass is 189 g/mol. The summed E-state index contributed by atoms with van der Waals surface area (Å²) in [6.45, 7) is 4.34. The molecule has 0 aliphatic heterocycles. The fourth-order valence-corrected chi connectivity index (χ4v) is 2.48. The van der Waals surface area contributed by atoms with Crippen LogP contribution in [0.25, 0.3) is 0 Å². The Morgan fingerprint density at radius 1 is 1.50 bits per heavy atom. The molecular formula is C13H19N. The van der Waals surface area contributed by atoms with E-state index in [0.29, 0.717) is 12.0 Å². The first-order chi connectivity index (χ1) is 6.72. The summed E-state index contributed by atoms with van der Waals surface area (Å²) < 4.78 is 0. The zero-order valence-corrected chi connectivity index (χ0v) is 9.09. The number of aryl methyl sites for hydroxylation is 2. The molecule has 0 radical (unpaired) electrons. The molecule has 1 aromatic carbocycles. The summed E-state index contributed by atoms with van der Waals surface area (Å²) in [6, 6.07) is 7.15. The molecule has 1 aliphatic rings. The zero-order valence-electron chi connectivity index (χ0n) is 9.09. The SMILES string of the molecule is CCC(N)C1CCc2ccc(C)cc21. The lowest BCUT2D eigenvalue weighted by atomic mass is 9.91. The third-order valence-corrected chi connectivity index (χ3v) is 3.41. The highest BCUT2D eigenvalue weighted by atomic mass is 14.6.